The van der Waals surface area contributed by atoms with Crippen LogP contribution in [0.3, 0.4) is 0 Å². The van der Waals surface area contributed by atoms with Crippen LogP contribution < -0.4 is 5.32 Å². The van der Waals surface area contributed by atoms with Gasteiger partial charge in [0.25, 0.3) is 0 Å². The summed E-state index contributed by atoms with van der Waals surface area (Å²) >= 11 is 0. The fourth-order valence-electron chi connectivity index (χ4n) is 0.300. The fourth-order valence-corrected chi connectivity index (χ4v) is 0.300. The molecule has 0 rings (SSSR count). The maximum Gasteiger partial charge on any atom is 0.0933 e. The second kappa shape index (κ2) is 4.09. The Morgan fingerprint density at radius 2 is 2.29 bits per heavy atom. The molecule has 1 unspecified atom stereocenters. The molecule has 0 radical (unpaired) electrons. The highest BCUT2D eigenvalue weighted by atomic mass is 16.3. The zero-order valence-corrected chi connectivity index (χ0v) is 4.94. The number of aliphatic hydroxyl groups is 1. The Bertz CT molecular complexity index is 39.1. The lowest BCUT2D eigenvalue weighted by Crippen LogP contribution is -2.25. The predicted molar refractivity (Wildman–Crippen MR) is 30.0 cm³/mol. The Morgan fingerprint density at radius 3 is 2.43 bits per heavy atom. The third kappa shape index (κ3) is 3.76. The minimum absolute atomic E-state index is 0.0923. The van der Waals surface area contributed by atoms with Crippen molar-refractivity contribution in [2.24, 2.45) is 0 Å². The van der Waals surface area contributed by atoms with Crippen LogP contribution in [-0.4, -0.2) is 17.9 Å². The van der Waals surface area contributed by atoms with Crippen LogP contribution in [0.4, 0.5) is 0 Å². The Hall–Kier alpha value is -0.0800. The first-order chi connectivity index (χ1) is 3.31. The molecule has 0 saturated carbocycles. The maximum atomic E-state index is 8.26. The summed E-state index contributed by atoms with van der Waals surface area (Å²) in [6, 6.07) is 0.449. The molecule has 0 spiro atoms. The van der Waals surface area contributed by atoms with Gasteiger partial charge >= 0.3 is 0 Å². The molecule has 0 aliphatic rings. The van der Waals surface area contributed by atoms with E-state index in [1.54, 1.807) is 0 Å². The fraction of sp³-hybridized carbons (Fsp3) is 1.00. The molecule has 0 aromatic carbocycles. The third-order valence-electron chi connectivity index (χ3n) is 1.05. The van der Waals surface area contributed by atoms with Gasteiger partial charge in [-0.15, -0.1) is 0 Å². The summed E-state index contributed by atoms with van der Waals surface area (Å²) in [6.45, 7) is 4.21. The molecule has 0 aliphatic heterocycles. The normalized spacial score (nSPS) is 14.1. The van der Waals surface area contributed by atoms with Gasteiger partial charge in [-0.3, -0.25) is 5.32 Å². The molecule has 0 saturated heterocycles. The van der Waals surface area contributed by atoms with Crippen molar-refractivity contribution in [2.45, 2.75) is 26.3 Å². The largest absolute Gasteiger partial charge is 0.381 e. The van der Waals surface area contributed by atoms with E-state index < -0.39 is 0 Å². The van der Waals surface area contributed by atoms with E-state index in [1.165, 1.54) is 0 Å². The molecule has 0 aromatic heterocycles. The van der Waals surface area contributed by atoms with Gasteiger partial charge < -0.3 is 5.11 Å². The molecule has 0 heterocycles. The Balaban J connectivity index is 2.83. The molecular weight excluding hydrogens is 90.1 g/mol. The number of hydrogen-bond donors (Lipinski definition) is 2. The van der Waals surface area contributed by atoms with Crippen LogP contribution in [0, 0.1) is 0 Å². The molecule has 0 aromatic rings. The van der Waals surface area contributed by atoms with Crippen LogP contribution >= 0.6 is 0 Å². The van der Waals surface area contributed by atoms with E-state index in [1.807, 2.05) is 6.92 Å². The maximum absolute atomic E-state index is 8.26. The lowest BCUT2D eigenvalue weighted by atomic mass is 10.3. The quantitative estimate of drug-likeness (QED) is 0.504. The molecule has 0 bridgehead atoms. The molecule has 0 aliphatic carbocycles. The van der Waals surface area contributed by atoms with Crippen LogP contribution in [0.15, 0.2) is 0 Å². The van der Waals surface area contributed by atoms with E-state index in [-0.39, 0.29) is 6.73 Å². The van der Waals surface area contributed by atoms with Crippen LogP contribution in [0.5, 0.6) is 0 Å². The highest BCUT2D eigenvalue weighted by Gasteiger charge is 1.90. The summed E-state index contributed by atoms with van der Waals surface area (Å²) in [5, 5.41) is 11.1. The van der Waals surface area contributed by atoms with E-state index in [4.69, 9.17) is 5.11 Å². The first-order valence-corrected chi connectivity index (χ1v) is 2.65. The van der Waals surface area contributed by atoms with Gasteiger partial charge in [0.05, 0.1) is 6.73 Å². The highest BCUT2D eigenvalue weighted by molar-refractivity contribution is 4.51. The van der Waals surface area contributed by atoms with Crippen LogP contribution in [0.2, 0.25) is 0 Å². The van der Waals surface area contributed by atoms with Crippen molar-refractivity contribution >= 4 is 0 Å². The molecule has 2 N–H and O–H groups in total. The van der Waals surface area contributed by atoms with Crippen molar-refractivity contribution in [1.82, 2.24) is 5.32 Å². The molecule has 44 valence electrons. The Morgan fingerprint density at radius 1 is 1.71 bits per heavy atom. The first kappa shape index (κ1) is 6.92. The third-order valence-corrected chi connectivity index (χ3v) is 1.05. The van der Waals surface area contributed by atoms with Crippen molar-refractivity contribution in [3.05, 3.63) is 0 Å². The van der Waals surface area contributed by atoms with Gasteiger partial charge in [-0.1, -0.05) is 6.92 Å². The van der Waals surface area contributed by atoms with Gasteiger partial charge in [0.15, 0.2) is 0 Å². The summed E-state index contributed by atoms with van der Waals surface area (Å²) in [6.07, 6.45) is 1.07. The molecule has 2 nitrogen and oxygen atoms in total. The smallest absolute Gasteiger partial charge is 0.0933 e. The molecule has 0 fully saturated rings. The van der Waals surface area contributed by atoms with Gasteiger partial charge in [0, 0.05) is 6.04 Å². The van der Waals surface area contributed by atoms with E-state index in [9.17, 15) is 0 Å². The van der Waals surface area contributed by atoms with Crippen molar-refractivity contribution in [1.29, 1.82) is 0 Å². The number of rotatable bonds is 3. The number of hydrogen-bond acceptors (Lipinski definition) is 2. The van der Waals surface area contributed by atoms with Crippen molar-refractivity contribution < 1.29 is 5.11 Å². The second-order valence-electron chi connectivity index (χ2n) is 1.67. The van der Waals surface area contributed by atoms with Crippen molar-refractivity contribution in [3.8, 4) is 0 Å². The van der Waals surface area contributed by atoms with Gasteiger partial charge in [0.2, 0.25) is 0 Å². The second-order valence-corrected chi connectivity index (χ2v) is 1.67. The highest BCUT2D eigenvalue weighted by Crippen LogP contribution is 1.83. The first-order valence-electron chi connectivity index (χ1n) is 2.65. The summed E-state index contributed by atoms with van der Waals surface area (Å²) in [5.74, 6) is 0. The van der Waals surface area contributed by atoms with Crippen LogP contribution in [0.25, 0.3) is 0 Å². The van der Waals surface area contributed by atoms with Crippen LogP contribution in [0.1, 0.15) is 20.3 Å². The van der Waals surface area contributed by atoms with Crippen LogP contribution in [-0.2, 0) is 0 Å². The summed E-state index contributed by atoms with van der Waals surface area (Å²) < 4.78 is 0. The topological polar surface area (TPSA) is 32.3 Å². The predicted octanol–water partition coefficient (Wildman–Crippen LogP) is 0.324. The summed E-state index contributed by atoms with van der Waals surface area (Å²) in [4.78, 5) is 0. The Labute approximate surface area is 44.5 Å². The minimum Gasteiger partial charge on any atom is -0.381 e. The summed E-state index contributed by atoms with van der Waals surface area (Å²) in [5.41, 5.74) is 0. The van der Waals surface area contributed by atoms with E-state index >= 15 is 0 Å². The number of nitrogens with one attached hydrogen (secondary N) is 1. The molecule has 7 heavy (non-hydrogen) atoms. The standard InChI is InChI=1S/C5H13NO/c1-3-5(2)6-4-7/h5-7H,3-4H2,1-2H3. The van der Waals surface area contributed by atoms with E-state index in [2.05, 4.69) is 12.2 Å². The monoisotopic (exact) mass is 103 g/mol. The molecular formula is C5H13NO. The van der Waals surface area contributed by atoms with Gasteiger partial charge in [-0.05, 0) is 13.3 Å². The number of aliphatic hydroxyl groups excluding tert-OH is 1. The molecule has 0 amide bonds. The Kier molecular flexibility index (Phi) is 4.04. The van der Waals surface area contributed by atoms with E-state index in [0.717, 1.165) is 6.42 Å². The lowest BCUT2D eigenvalue weighted by molar-refractivity contribution is 0.243. The minimum atomic E-state index is 0.0923. The van der Waals surface area contributed by atoms with Gasteiger partial charge in [-0.25, -0.2) is 0 Å². The van der Waals surface area contributed by atoms with Gasteiger partial charge in [-0.2, -0.15) is 0 Å². The zero-order chi connectivity index (χ0) is 5.70. The van der Waals surface area contributed by atoms with Gasteiger partial charge in [0.1, 0.15) is 0 Å². The average Bonchev–Trinajstić information content (AvgIpc) is 1.68. The SMILES string of the molecule is CCC(C)NCO. The molecule has 2 heteroatoms. The van der Waals surface area contributed by atoms with E-state index in [0.29, 0.717) is 6.04 Å². The lowest BCUT2D eigenvalue weighted by Gasteiger charge is -2.05. The zero-order valence-electron chi connectivity index (χ0n) is 4.94. The summed E-state index contributed by atoms with van der Waals surface area (Å²) in [7, 11) is 0. The molecule has 1 atom stereocenters. The van der Waals surface area contributed by atoms with Crippen molar-refractivity contribution in [2.75, 3.05) is 6.73 Å². The van der Waals surface area contributed by atoms with Crippen molar-refractivity contribution in [3.63, 3.8) is 0 Å². The average molecular weight is 103 g/mol.